The van der Waals surface area contributed by atoms with E-state index in [-0.39, 0.29) is 0 Å². The van der Waals surface area contributed by atoms with E-state index in [4.69, 9.17) is 0 Å². The Balaban J connectivity index is 2.34. The summed E-state index contributed by atoms with van der Waals surface area (Å²) in [6, 6.07) is 0.618. The molecule has 0 amide bonds. The Hall–Kier alpha value is -0.860. The molecular formula is C7H11N3. The van der Waals surface area contributed by atoms with Gasteiger partial charge >= 0.3 is 0 Å². The summed E-state index contributed by atoms with van der Waals surface area (Å²) in [5.74, 6) is 0. The van der Waals surface area contributed by atoms with E-state index in [2.05, 4.69) is 10.2 Å². The maximum Gasteiger partial charge on any atom is 0.0825 e. The summed E-state index contributed by atoms with van der Waals surface area (Å²) in [4.78, 5) is 1.85. The zero-order valence-corrected chi connectivity index (χ0v) is 6.33. The summed E-state index contributed by atoms with van der Waals surface area (Å²) in [5, 5.41) is 8.56. The maximum absolute atomic E-state index is 4.28. The molecule has 0 bridgehead atoms. The van der Waals surface area contributed by atoms with Crippen molar-refractivity contribution in [1.29, 1.82) is 0 Å². The van der Waals surface area contributed by atoms with Crippen LogP contribution in [0.4, 0.5) is 0 Å². The van der Waals surface area contributed by atoms with Gasteiger partial charge in [0.05, 0.1) is 17.4 Å². The fourth-order valence-electron chi connectivity index (χ4n) is 0.943. The molecule has 0 atom stereocenters. The van der Waals surface area contributed by atoms with Crippen LogP contribution in [0.2, 0.25) is 0 Å². The summed E-state index contributed by atoms with van der Waals surface area (Å²) >= 11 is 0. The summed E-state index contributed by atoms with van der Waals surface area (Å²) in [5.41, 5.74) is 2.12. The molecule has 0 aromatic carbocycles. The van der Waals surface area contributed by atoms with Crippen molar-refractivity contribution in [3.63, 3.8) is 0 Å². The van der Waals surface area contributed by atoms with Crippen molar-refractivity contribution in [2.75, 3.05) is 0 Å². The molecule has 3 heteroatoms. The molecule has 1 aliphatic rings. The van der Waals surface area contributed by atoms with Crippen molar-refractivity contribution in [1.82, 2.24) is 15.0 Å². The molecule has 1 saturated carbocycles. The van der Waals surface area contributed by atoms with Crippen LogP contribution in [0.1, 0.15) is 30.3 Å². The third-order valence-corrected chi connectivity index (χ3v) is 1.90. The first-order valence-corrected chi connectivity index (χ1v) is 3.67. The predicted molar refractivity (Wildman–Crippen MR) is 37.8 cm³/mol. The van der Waals surface area contributed by atoms with Crippen LogP contribution in [0.25, 0.3) is 0 Å². The minimum atomic E-state index is 0.618. The second-order valence-electron chi connectivity index (χ2n) is 2.92. The predicted octanol–water partition coefficient (Wildman–Crippen LogP) is 1.23. The van der Waals surface area contributed by atoms with Gasteiger partial charge in [-0.1, -0.05) is 0 Å². The molecule has 1 aromatic rings. The van der Waals surface area contributed by atoms with Gasteiger partial charge < -0.3 is 0 Å². The summed E-state index contributed by atoms with van der Waals surface area (Å²) in [7, 11) is 0. The van der Waals surface area contributed by atoms with Crippen molar-refractivity contribution in [2.45, 2.75) is 32.7 Å². The van der Waals surface area contributed by atoms with Crippen LogP contribution in [-0.4, -0.2) is 15.0 Å². The van der Waals surface area contributed by atoms with Crippen LogP contribution >= 0.6 is 0 Å². The van der Waals surface area contributed by atoms with Crippen LogP contribution in [0, 0.1) is 13.8 Å². The van der Waals surface area contributed by atoms with E-state index in [0.717, 1.165) is 11.4 Å². The number of rotatable bonds is 1. The number of hydrogen-bond acceptors (Lipinski definition) is 2. The van der Waals surface area contributed by atoms with Gasteiger partial charge in [-0.15, -0.1) is 0 Å². The summed E-state index contributed by atoms with van der Waals surface area (Å²) in [6.07, 6.45) is 2.52. The molecule has 0 saturated heterocycles. The first-order valence-electron chi connectivity index (χ1n) is 3.67. The Morgan fingerprint density at radius 1 is 1.20 bits per heavy atom. The van der Waals surface area contributed by atoms with Crippen molar-refractivity contribution in [3.05, 3.63) is 11.4 Å². The van der Waals surface area contributed by atoms with E-state index >= 15 is 0 Å². The highest BCUT2D eigenvalue weighted by molar-refractivity contribution is 5.03. The zero-order chi connectivity index (χ0) is 7.14. The lowest BCUT2D eigenvalue weighted by molar-refractivity contribution is 0.548. The highest BCUT2D eigenvalue weighted by Gasteiger charge is 2.25. The van der Waals surface area contributed by atoms with Crippen molar-refractivity contribution < 1.29 is 0 Å². The molecule has 3 nitrogen and oxygen atoms in total. The molecule has 1 aliphatic carbocycles. The van der Waals surface area contributed by atoms with Gasteiger partial charge in [-0.2, -0.15) is 15.0 Å². The Kier molecular flexibility index (Phi) is 1.07. The molecule has 10 heavy (non-hydrogen) atoms. The number of hydrogen-bond donors (Lipinski definition) is 0. The van der Waals surface area contributed by atoms with E-state index in [0.29, 0.717) is 6.04 Å². The fourth-order valence-corrected chi connectivity index (χ4v) is 0.943. The second-order valence-corrected chi connectivity index (χ2v) is 2.92. The number of nitrogens with zero attached hydrogens (tertiary/aromatic N) is 3. The fraction of sp³-hybridized carbons (Fsp3) is 0.714. The first-order chi connectivity index (χ1) is 4.77. The molecule has 0 unspecified atom stereocenters. The average molecular weight is 137 g/mol. The van der Waals surface area contributed by atoms with Crippen LogP contribution in [-0.2, 0) is 0 Å². The normalized spacial score (nSPS) is 17.8. The van der Waals surface area contributed by atoms with E-state index in [9.17, 15) is 0 Å². The second kappa shape index (κ2) is 1.81. The highest BCUT2D eigenvalue weighted by atomic mass is 15.5. The Bertz CT molecular complexity index is 228. The lowest BCUT2D eigenvalue weighted by Crippen LogP contribution is -1.98. The van der Waals surface area contributed by atoms with E-state index in [1.54, 1.807) is 0 Å². The first kappa shape index (κ1) is 5.89. The molecule has 0 radical (unpaired) electrons. The van der Waals surface area contributed by atoms with Gasteiger partial charge in [0.15, 0.2) is 0 Å². The molecule has 0 N–H and O–H groups in total. The lowest BCUT2D eigenvalue weighted by atomic mass is 10.4. The average Bonchev–Trinajstić information content (AvgIpc) is 2.64. The standard InChI is InChI=1S/C7H11N3/c1-5-6(2)9-10(8-5)7-3-4-7/h7H,3-4H2,1-2H3. The van der Waals surface area contributed by atoms with Crippen LogP contribution in [0.5, 0.6) is 0 Å². The van der Waals surface area contributed by atoms with Crippen LogP contribution in [0.3, 0.4) is 0 Å². The van der Waals surface area contributed by atoms with E-state index in [1.165, 1.54) is 12.8 Å². The van der Waals surface area contributed by atoms with E-state index < -0.39 is 0 Å². The van der Waals surface area contributed by atoms with Crippen molar-refractivity contribution in [2.24, 2.45) is 0 Å². The summed E-state index contributed by atoms with van der Waals surface area (Å²) in [6.45, 7) is 4.00. The molecule has 1 fully saturated rings. The molecule has 54 valence electrons. The minimum absolute atomic E-state index is 0.618. The maximum atomic E-state index is 4.28. The van der Waals surface area contributed by atoms with E-state index in [1.807, 2.05) is 18.6 Å². The molecule has 1 heterocycles. The van der Waals surface area contributed by atoms with Crippen molar-refractivity contribution in [3.8, 4) is 0 Å². The third kappa shape index (κ3) is 0.818. The van der Waals surface area contributed by atoms with Crippen LogP contribution < -0.4 is 0 Å². The monoisotopic (exact) mass is 137 g/mol. The topological polar surface area (TPSA) is 30.7 Å². The van der Waals surface area contributed by atoms with Gasteiger partial charge in [-0.25, -0.2) is 0 Å². The van der Waals surface area contributed by atoms with Gasteiger partial charge in [0, 0.05) is 0 Å². The molecule has 1 aromatic heterocycles. The zero-order valence-electron chi connectivity index (χ0n) is 6.33. The summed E-state index contributed by atoms with van der Waals surface area (Å²) < 4.78 is 0. The molecular weight excluding hydrogens is 126 g/mol. The Morgan fingerprint density at radius 2 is 1.70 bits per heavy atom. The largest absolute Gasteiger partial charge is 0.181 e. The third-order valence-electron chi connectivity index (χ3n) is 1.90. The van der Waals surface area contributed by atoms with Gasteiger partial charge in [-0.05, 0) is 26.7 Å². The Labute approximate surface area is 60.0 Å². The Morgan fingerprint density at radius 3 is 2.10 bits per heavy atom. The number of aryl methyl sites for hydroxylation is 2. The quantitative estimate of drug-likeness (QED) is 0.582. The van der Waals surface area contributed by atoms with Gasteiger partial charge in [0.2, 0.25) is 0 Å². The number of aromatic nitrogens is 3. The molecule has 0 spiro atoms. The minimum Gasteiger partial charge on any atom is -0.181 e. The van der Waals surface area contributed by atoms with Gasteiger partial charge in [0.25, 0.3) is 0 Å². The van der Waals surface area contributed by atoms with Crippen molar-refractivity contribution >= 4 is 0 Å². The van der Waals surface area contributed by atoms with Gasteiger partial charge in [0.1, 0.15) is 0 Å². The molecule has 2 rings (SSSR count). The highest BCUT2D eigenvalue weighted by Crippen LogP contribution is 2.33. The lowest BCUT2D eigenvalue weighted by Gasteiger charge is -1.89. The smallest absolute Gasteiger partial charge is 0.0825 e. The SMILES string of the molecule is Cc1nn(C2CC2)nc1C. The van der Waals surface area contributed by atoms with Gasteiger partial charge in [-0.3, -0.25) is 0 Å². The van der Waals surface area contributed by atoms with Crippen LogP contribution in [0.15, 0.2) is 0 Å². The molecule has 0 aliphatic heterocycles.